The molecule has 0 aliphatic rings. The minimum Gasteiger partial charge on any atom is -0.481 e. The van der Waals surface area contributed by atoms with Crippen LogP contribution in [0, 0.1) is 0 Å². The molecule has 0 radical (unpaired) electrons. The highest BCUT2D eigenvalue weighted by Crippen LogP contribution is 2.34. The highest BCUT2D eigenvalue weighted by molar-refractivity contribution is 8.00. The van der Waals surface area contributed by atoms with Crippen molar-refractivity contribution in [2.24, 2.45) is 0 Å². The number of carbonyl (C=O) groups excluding carboxylic acids is 1. The molecule has 4 rings (SSSR count). The summed E-state index contributed by atoms with van der Waals surface area (Å²) in [5.74, 6) is -0.556. The number of carboxylic acid groups (broad SMARTS) is 1. The Morgan fingerprint density at radius 3 is 1.64 bits per heavy atom. The highest BCUT2D eigenvalue weighted by atomic mass is 32.2. The first-order chi connectivity index (χ1) is 16.1. The van der Waals surface area contributed by atoms with Gasteiger partial charge in [-0.3, -0.25) is 19.6 Å². The van der Waals surface area contributed by atoms with E-state index < -0.39 is 11.2 Å². The van der Waals surface area contributed by atoms with Gasteiger partial charge < -0.3 is 5.11 Å². The van der Waals surface area contributed by atoms with E-state index in [1.807, 2.05) is 72.8 Å². The number of rotatable bonds is 9. The molecule has 5 nitrogen and oxygen atoms in total. The van der Waals surface area contributed by atoms with E-state index in [0.717, 1.165) is 27.8 Å². The molecule has 0 bridgehead atoms. The van der Waals surface area contributed by atoms with Crippen LogP contribution < -0.4 is 0 Å². The maximum Gasteiger partial charge on any atom is 0.304 e. The Morgan fingerprint density at radius 2 is 1.15 bits per heavy atom. The van der Waals surface area contributed by atoms with Crippen LogP contribution in [0.2, 0.25) is 0 Å². The summed E-state index contributed by atoms with van der Waals surface area (Å²) in [4.78, 5) is 32.5. The number of Topliss-reactive ketones (excluding diaryl/α,β-unsaturated/α-hetero) is 1. The first-order valence-electron chi connectivity index (χ1n) is 10.5. The molecule has 2 aromatic heterocycles. The predicted octanol–water partition coefficient (Wildman–Crippen LogP) is 5.94. The van der Waals surface area contributed by atoms with Gasteiger partial charge in [-0.2, -0.15) is 0 Å². The quantitative estimate of drug-likeness (QED) is 0.315. The number of pyridine rings is 2. The van der Waals surface area contributed by atoms with Crippen molar-refractivity contribution in [3.8, 4) is 22.3 Å². The minimum absolute atomic E-state index is 0.00449. The molecule has 6 heteroatoms. The molecule has 164 valence electrons. The Balaban J connectivity index is 1.58. The van der Waals surface area contributed by atoms with Gasteiger partial charge in [0.25, 0.3) is 0 Å². The van der Waals surface area contributed by atoms with E-state index in [-0.39, 0.29) is 12.2 Å². The molecule has 2 aromatic carbocycles. The number of benzene rings is 2. The first kappa shape index (κ1) is 22.4. The van der Waals surface area contributed by atoms with Gasteiger partial charge in [0.2, 0.25) is 0 Å². The molecule has 1 unspecified atom stereocenters. The molecular formula is C27H22N2O3S. The summed E-state index contributed by atoms with van der Waals surface area (Å²) in [5, 5.41) is 8.56. The van der Waals surface area contributed by atoms with Crippen LogP contribution in [0.3, 0.4) is 0 Å². The minimum atomic E-state index is -0.872. The van der Waals surface area contributed by atoms with E-state index in [1.165, 1.54) is 11.8 Å². The number of aromatic nitrogens is 2. The number of nitrogens with zero attached hydrogens (tertiary/aromatic N) is 2. The van der Waals surface area contributed by atoms with Crippen LogP contribution in [0.15, 0.2) is 97.6 Å². The summed E-state index contributed by atoms with van der Waals surface area (Å²) in [5.41, 5.74) is 5.56. The smallest absolute Gasteiger partial charge is 0.304 e. The van der Waals surface area contributed by atoms with Gasteiger partial charge in [-0.1, -0.05) is 48.5 Å². The van der Waals surface area contributed by atoms with Crippen molar-refractivity contribution in [1.82, 2.24) is 9.97 Å². The molecule has 0 spiro atoms. The second-order valence-corrected chi connectivity index (χ2v) is 8.64. The Kier molecular flexibility index (Phi) is 7.27. The van der Waals surface area contributed by atoms with Gasteiger partial charge >= 0.3 is 5.97 Å². The lowest BCUT2D eigenvalue weighted by Crippen LogP contribution is -2.11. The lowest BCUT2D eigenvalue weighted by atomic mass is 9.98. The zero-order chi connectivity index (χ0) is 23.0. The molecule has 2 heterocycles. The van der Waals surface area contributed by atoms with Crippen molar-refractivity contribution < 1.29 is 14.7 Å². The lowest BCUT2D eigenvalue weighted by Gasteiger charge is -2.17. The zero-order valence-corrected chi connectivity index (χ0v) is 18.6. The number of ketones is 1. The Hall–Kier alpha value is -3.77. The Morgan fingerprint density at radius 1 is 0.697 bits per heavy atom. The summed E-state index contributed by atoms with van der Waals surface area (Å²) in [6, 6.07) is 23.1. The van der Waals surface area contributed by atoms with Crippen LogP contribution in [0.4, 0.5) is 0 Å². The topological polar surface area (TPSA) is 80.1 Å². The number of aliphatic carboxylic acids is 1. The average Bonchev–Trinajstić information content (AvgIpc) is 2.87. The summed E-state index contributed by atoms with van der Waals surface area (Å²) in [6.45, 7) is 0. The summed E-state index contributed by atoms with van der Waals surface area (Å²) < 4.78 is 0. The molecule has 1 atom stereocenters. The molecular weight excluding hydrogens is 432 g/mol. The standard InChI is InChI=1S/C27H22N2O3S/c30-25(31)13-18-33-27(24-7-3-20(4-8-24)22-11-16-29-17-12-22)26(32)23-5-1-19(2-6-23)21-9-14-28-15-10-21/h1-12,14-17,27H,13,18H2,(H,30,31). The molecule has 0 aliphatic heterocycles. The van der Waals surface area contributed by atoms with Gasteiger partial charge in [0.05, 0.1) is 11.7 Å². The van der Waals surface area contributed by atoms with E-state index in [9.17, 15) is 9.59 Å². The van der Waals surface area contributed by atoms with Crippen molar-refractivity contribution in [3.05, 3.63) is 109 Å². The van der Waals surface area contributed by atoms with Gasteiger partial charge in [0.1, 0.15) is 0 Å². The third-order valence-corrected chi connectivity index (χ3v) is 6.51. The molecule has 0 aliphatic carbocycles. The second-order valence-electron chi connectivity index (χ2n) is 7.43. The van der Waals surface area contributed by atoms with Crippen molar-refractivity contribution in [3.63, 3.8) is 0 Å². The van der Waals surface area contributed by atoms with Gasteiger partial charge in [-0.05, 0) is 52.1 Å². The molecule has 33 heavy (non-hydrogen) atoms. The normalized spacial score (nSPS) is 11.6. The van der Waals surface area contributed by atoms with Crippen LogP contribution in [0.25, 0.3) is 22.3 Å². The van der Waals surface area contributed by atoms with E-state index in [0.29, 0.717) is 11.3 Å². The summed E-state index contributed by atoms with van der Waals surface area (Å²) in [7, 11) is 0. The highest BCUT2D eigenvalue weighted by Gasteiger charge is 2.23. The fraction of sp³-hybridized carbons (Fsp3) is 0.111. The molecule has 4 aromatic rings. The fourth-order valence-corrected chi connectivity index (χ4v) is 4.67. The molecule has 0 saturated carbocycles. The van der Waals surface area contributed by atoms with Crippen molar-refractivity contribution in [1.29, 1.82) is 0 Å². The van der Waals surface area contributed by atoms with Crippen molar-refractivity contribution in [2.45, 2.75) is 11.7 Å². The van der Waals surface area contributed by atoms with Crippen LogP contribution in [-0.2, 0) is 4.79 Å². The first-order valence-corrected chi connectivity index (χ1v) is 11.5. The second kappa shape index (κ2) is 10.7. The average molecular weight is 455 g/mol. The third kappa shape index (κ3) is 5.73. The van der Waals surface area contributed by atoms with E-state index in [4.69, 9.17) is 5.11 Å². The van der Waals surface area contributed by atoms with E-state index in [1.54, 1.807) is 24.8 Å². The van der Waals surface area contributed by atoms with Crippen LogP contribution >= 0.6 is 11.8 Å². The van der Waals surface area contributed by atoms with Crippen LogP contribution in [0.5, 0.6) is 0 Å². The molecule has 0 amide bonds. The predicted molar refractivity (Wildman–Crippen MR) is 131 cm³/mol. The zero-order valence-electron chi connectivity index (χ0n) is 17.8. The van der Waals surface area contributed by atoms with Crippen molar-refractivity contribution >= 4 is 23.5 Å². The number of carboxylic acids is 1. The van der Waals surface area contributed by atoms with Gasteiger partial charge in [-0.25, -0.2) is 0 Å². The van der Waals surface area contributed by atoms with Crippen molar-refractivity contribution in [2.75, 3.05) is 5.75 Å². The van der Waals surface area contributed by atoms with Gasteiger partial charge in [-0.15, -0.1) is 11.8 Å². The summed E-state index contributed by atoms with van der Waals surface area (Å²) in [6.07, 6.45) is 6.96. The van der Waals surface area contributed by atoms with Gasteiger partial charge in [0.15, 0.2) is 5.78 Å². The number of thioether (sulfide) groups is 1. The third-order valence-electron chi connectivity index (χ3n) is 5.25. The van der Waals surface area contributed by atoms with E-state index >= 15 is 0 Å². The van der Waals surface area contributed by atoms with Crippen LogP contribution in [-0.4, -0.2) is 32.6 Å². The number of hydrogen-bond donors (Lipinski definition) is 1. The molecule has 1 N–H and O–H groups in total. The fourth-order valence-electron chi connectivity index (χ4n) is 3.50. The number of hydrogen-bond acceptors (Lipinski definition) is 5. The molecule has 0 saturated heterocycles. The monoisotopic (exact) mass is 454 g/mol. The summed E-state index contributed by atoms with van der Waals surface area (Å²) >= 11 is 1.36. The Bertz CT molecular complexity index is 1210. The number of carbonyl (C=O) groups is 2. The Labute approximate surface area is 196 Å². The van der Waals surface area contributed by atoms with E-state index in [2.05, 4.69) is 9.97 Å². The SMILES string of the molecule is O=C(O)CCSC(C(=O)c1ccc(-c2ccncc2)cc1)c1ccc(-c2ccncc2)cc1. The van der Waals surface area contributed by atoms with Gasteiger partial charge in [0, 0.05) is 36.1 Å². The maximum absolute atomic E-state index is 13.4. The van der Waals surface area contributed by atoms with Crippen LogP contribution in [0.1, 0.15) is 27.6 Å². The lowest BCUT2D eigenvalue weighted by molar-refractivity contribution is -0.136. The molecule has 0 fully saturated rings. The largest absolute Gasteiger partial charge is 0.481 e. The maximum atomic E-state index is 13.4.